The Labute approximate surface area is 178 Å². The number of aliphatic carboxylic acids is 1. The summed E-state index contributed by atoms with van der Waals surface area (Å²) in [5.41, 5.74) is 7.28. The fraction of sp³-hybridized carbons (Fsp3) is 0.364. The lowest BCUT2D eigenvalue weighted by Crippen LogP contribution is -2.45. The number of rotatable bonds is 5. The van der Waals surface area contributed by atoms with Crippen LogP contribution in [0.5, 0.6) is 0 Å². The van der Waals surface area contributed by atoms with Gasteiger partial charge >= 0.3 is 6.18 Å². The number of hydrogen-bond donors (Lipinski definition) is 2. The van der Waals surface area contributed by atoms with Crippen LogP contribution in [-0.2, 0) is 11.3 Å². The number of carbonyl (C=O) groups excluding carboxylic acids is 2. The molecule has 0 radical (unpaired) electrons. The van der Waals surface area contributed by atoms with Gasteiger partial charge in [-0.15, -0.1) is 0 Å². The summed E-state index contributed by atoms with van der Waals surface area (Å²) in [6.07, 6.45) is -3.77. The van der Waals surface area contributed by atoms with Crippen LogP contribution in [0.3, 0.4) is 0 Å². The molecule has 2 aromatic carbocycles. The Balaban J connectivity index is 0.000000423. The van der Waals surface area contributed by atoms with Gasteiger partial charge in [-0.05, 0) is 42.7 Å². The third kappa shape index (κ3) is 8.03. The summed E-state index contributed by atoms with van der Waals surface area (Å²) in [5.74, 6) is -3.03. The smallest absolute Gasteiger partial charge is 0.430 e. The highest BCUT2D eigenvalue weighted by Gasteiger charge is 2.34. The summed E-state index contributed by atoms with van der Waals surface area (Å²) in [6.45, 7) is 2.50. The van der Waals surface area contributed by atoms with Crippen molar-refractivity contribution in [2.75, 3.05) is 18.8 Å². The summed E-state index contributed by atoms with van der Waals surface area (Å²) in [4.78, 5) is 23.5. The molecule has 0 saturated carbocycles. The molecule has 1 fully saturated rings. The van der Waals surface area contributed by atoms with E-state index in [-0.39, 0.29) is 12.2 Å². The highest BCUT2D eigenvalue weighted by Crippen LogP contribution is 2.28. The first-order valence-electron chi connectivity index (χ1n) is 9.64. The topological polar surface area (TPSA) is 107 Å². The first-order valence-corrected chi connectivity index (χ1v) is 9.64. The number of piperidine rings is 1. The molecule has 9 heteroatoms. The minimum atomic E-state index is -5.19. The molecule has 1 aliphatic heterocycles. The Kier molecular flexibility index (Phi) is 8.18. The van der Waals surface area contributed by atoms with E-state index in [0.29, 0.717) is 24.1 Å². The minimum absolute atomic E-state index is 0.0194. The van der Waals surface area contributed by atoms with Crippen molar-refractivity contribution < 1.29 is 33.0 Å². The third-order valence-corrected chi connectivity index (χ3v) is 4.99. The predicted octanol–water partition coefficient (Wildman–Crippen LogP) is 2.17. The fourth-order valence-corrected chi connectivity index (χ4v) is 3.22. The van der Waals surface area contributed by atoms with Crippen LogP contribution in [0.1, 0.15) is 35.2 Å². The lowest BCUT2D eigenvalue weighted by Gasteiger charge is -2.38. The first-order chi connectivity index (χ1) is 14.5. The summed E-state index contributed by atoms with van der Waals surface area (Å²) in [5, 5.41) is 19.6. The Bertz CT molecular complexity index is 863. The predicted molar refractivity (Wildman–Crippen MR) is 107 cm³/mol. The second-order valence-corrected chi connectivity index (χ2v) is 7.49. The Morgan fingerprint density at radius 2 is 1.55 bits per heavy atom. The number of Topliss-reactive ketones (excluding diaryl/α,β-unsaturated/α-hetero) is 1. The number of carbonyl (C=O) groups is 2. The van der Waals surface area contributed by atoms with Crippen LogP contribution in [-0.4, -0.2) is 46.6 Å². The van der Waals surface area contributed by atoms with Gasteiger partial charge in [-0.2, -0.15) is 13.2 Å². The van der Waals surface area contributed by atoms with E-state index in [9.17, 15) is 23.1 Å². The van der Waals surface area contributed by atoms with E-state index in [2.05, 4.69) is 17.0 Å². The lowest BCUT2D eigenvalue weighted by molar-refractivity contribution is -0.344. The number of likely N-dealkylation sites (tertiary alicyclic amines) is 1. The zero-order valence-electron chi connectivity index (χ0n) is 16.8. The zero-order chi connectivity index (χ0) is 23.1. The Hall–Kier alpha value is -2.91. The van der Waals surface area contributed by atoms with Crippen LogP contribution in [0, 0.1) is 0 Å². The van der Waals surface area contributed by atoms with E-state index < -0.39 is 17.7 Å². The maximum atomic E-state index is 12.4. The number of carboxylic acid groups (broad SMARTS) is 1. The maximum Gasteiger partial charge on any atom is 0.430 e. The number of aliphatic hydroxyl groups is 1. The number of carboxylic acids is 1. The number of hydrogen-bond acceptors (Lipinski definition) is 6. The molecule has 3 rings (SSSR count). The van der Waals surface area contributed by atoms with Crippen LogP contribution in [0.25, 0.3) is 0 Å². The second-order valence-electron chi connectivity index (χ2n) is 7.49. The second kappa shape index (κ2) is 10.4. The van der Waals surface area contributed by atoms with Crippen molar-refractivity contribution in [2.24, 2.45) is 0 Å². The molecule has 0 aromatic heterocycles. The van der Waals surface area contributed by atoms with Crippen LogP contribution < -0.4 is 10.8 Å². The van der Waals surface area contributed by atoms with E-state index in [0.717, 1.165) is 19.6 Å². The van der Waals surface area contributed by atoms with Crippen LogP contribution in [0.4, 0.5) is 18.9 Å². The summed E-state index contributed by atoms with van der Waals surface area (Å²) in [6, 6.07) is 17.2. The number of anilines is 1. The van der Waals surface area contributed by atoms with Gasteiger partial charge in [0.05, 0.1) is 5.60 Å². The van der Waals surface area contributed by atoms with Gasteiger partial charge in [0.1, 0.15) is 5.97 Å². The van der Waals surface area contributed by atoms with E-state index in [1.165, 1.54) is 5.56 Å². The number of benzene rings is 2. The molecular weight excluding hydrogens is 413 g/mol. The van der Waals surface area contributed by atoms with E-state index in [4.69, 9.17) is 15.6 Å². The van der Waals surface area contributed by atoms with E-state index >= 15 is 0 Å². The molecule has 2 aromatic rings. The molecule has 0 aliphatic carbocycles. The molecule has 0 bridgehead atoms. The largest absolute Gasteiger partial charge is 0.542 e. The normalized spacial score (nSPS) is 16.1. The van der Waals surface area contributed by atoms with Crippen LogP contribution in [0.15, 0.2) is 54.6 Å². The van der Waals surface area contributed by atoms with Crippen molar-refractivity contribution in [3.8, 4) is 0 Å². The van der Waals surface area contributed by atoms with Gasteiger partial charge < -0.3 is 20.7 Å². The monoisotopic (exact) mass is 437 g/mol. The summed E-state index contributed by atoms with van der Waals surface area (Å²) < 4.78 is 31.5. The molecule has 1 saturated heterocycles. The van der Waals surface area contributed by atoms with E-state index in [1.54, 1.807) is 24.3 Å². The average molecular weight is 437 g/mol. The molecule has 0 unspecified atom stereocenters. The lowest BCUT2D eigenvalue weighted by atomic mass is 9.85. The van der Waals surface area contributed by atoms with Gasteiger partial charge in [0.2, 0.25) is 0 Å². The molecule has 1 heterocycles. The van der Waals surface area contributed by atoms with Crippen molar-refractivity contribution in [2.45, 2.75) is 37.6 Å². The minimum Gasteiger partial charge on any atom is -0.542 e. The number of halogens is 3. The summed E-state index contributed by atoms with van der Waals surface area (Å²) in [7, 11) is 0. The van der Waals surface area contributed by atoms with Crippen molar-refractivity contribution >= 4 is 17.4 Å². The molecule has 31 heavy (non-hydrogen) atoms. The molecule has 0 amide bonds. The Morgan fingerprint density at radius 1 is 1.03 bits per heavy atom. The van der Waals surface area contributed by atoms with Gasteiger partial charge in [-0.1, -0.05) is 30.3 Å². The number of nitrogens with zero attached hydrogens (tertiary/aromatic N) is 1. The van der Waals surface area contributed by atoms with Crippen molar-refractivity contribution in [1.82, 2.24) is 4.90 Å². The maximum absolute atomic E-state index is 12.4. The van der Waals surface area contributed by atoms with Gasteiger partial charge in [-0.3, -0.25) is 9.69 Å². The first kappa shape index (κ1) is 24.4. The molecule has 0 spiro atoms. The average Bonchev–Trinajstić information content (AvgIpc) is 2.71. The third-order valence-electron chi connectivity index (χ3n) is 4.99. The SMILES string of the molecule is Nc1ccc(C(=O)CC2(O)CCN(Cc3ccccc3)CC2)cc1.O=C([O-])C(F)(F)F. The zero-order valence-corrected chi connectivity index (χ0v) is 16.8. The van der Waals surface area contributed by atoms with Crippen LogP contribution in [0.2, 0.25) is 0 Å². The van der Waals surface area contributed by atoms with Gasteiger partial charge in [-0.25, -0.2) is 0 Å². The van der Waals surface area contributed by atoms with Gasteiger partial charge in [0.25, 0.3) is 0 Å². The number of nitrogens with two attached hydrogens (primary N) is 1. The number of alkyl halides is 3. The molecule has 0 atom stereocenters. The Morgan fingerprint density at radius 3 is 2.03 bits per heavy atom. The standard InChI is InChI=1S/C20H24N2O2.C2HF3O2/c21-18-8-6-17(7-9-18)19(23)14-20(24)10-12-22(13-11-20)15-16-4-2-1-3-5-16;3-2(4,5)1(6)7/h1-9,24H,10-15,21H2;(H,6,7)/p-1. The molecule has 168 valence electrons. The van der Waals surface area contributed by atoms with Gasteiger partial charge in [0, 0.05) is 37.3 Å². The molecular formula is C22H24F3N2O4-. The number of nitrogen functional groups attached to an aromatic ring is 1. The molecule has 6 nitrogen and oxygen atoms in total. The highest BCUT2D eigenvalue weighted by molar-refractivity contribution is 5.97. The van der Waals surface area contributed by atoms with Crippen molar-refractivity contribution in [1.29, 1.82) is 0 Å². The van der Waals surface area contributed by atoms with Crippen molar-refractivity contribution in [3.05, 3.63) is 65.7 Å². The van der Waals surface area contributed by atoms with Crippen molar-refractivity contribution in [3.63, 3.8) is 0 Å². The van der Waals surface area contributed by atoms with E-state index in [1.807, 2.05) is 18.2 Å². The highest BCUT2D eigenvalue weighted by atomic mass is 19.4. The van der Waals surface area contributed by atoms with Crippen LogP contribution >= 0.6 is 0 Å². The van der Waals surface area contributed by atoms with Gasteiger partial charge in [0.15, 0.2) is 5.78 Å². The summed E-state index contributed by atoms with van der Waals surface area (Å²) >= 11 is 0. The molecule has 3 N–H and O–H groups in total. The fourth-order valence-electron chi connectivity index (χ4n) is 3.22. The number of ketones is 1. The quantitative estimate of drug-likeness (QED) is 0.549. The molecule has 1 aliphatic rings.